The summed E-state index contributed by atoms with van der Waals surface area (Å²) in [5, 5.41) is 4.46. The Morgan fingerprint density at radius 1 is 1.29 bits per heavy atom. The van der Waals surface area contributed by atoms with Crippen molar-refractivity contribution in [2.75, 3.05) is 12.0 Å². The maximum absolute atomic E-state index is 13.6. The van der Waals surface area contributed by atoms with Gasteiger partial charge in [-0.25, -0.2) is 4.98 Å². The van der Waals surface area contributed by atoms with Crippen LogP contribution >= 0.6 is 0 Å². The van der Waals surface area contributed by atoms with Gasteiger partial charge in [0.05, 0.1) is 25.9 Å². The molecule has 8 nitrogen and oxygen atoms in total. The smallest absolute Gasteiger partial charge is 0.279 e. The van der Waals surface area contributed by atoms with Crippen molar-refractivity contribution < 1.29 is 18.7 Å². The van der Waals surface area contributed by atoms with Gasteiger partial charge in [-0.2, -0.15) is 14.5 Å². The van der Waals surface area contributed by atoms with E-state index in [0.717, 1.165) is 11.9 Å². The van der Waals surface area contributed by atoms with Crippen molar-refractivity contribution in [2.24, 2.45) is 0 Å². The van der Waals surface area contributed by atoms with Crippen molar-refractivity contribution >= 4 is 11.9 Å². The second-order valence-corrected chi connectivity index (χ2v) is 6.36. The highest BCUT2D eigenvalue weighted by atomic mass is 19.1. The number of ether oxygens (including phenoxy) is 2. The van der Waals surface area contributed by atoms with Crippen LogP contribution in [0.25, 0.3) is 0 Å². The van der Waals surface area contributed by atoms with Gasteiger partial charge in [0.25, 0.3) is 11.8 Å². The standard InChI is InChI=1S/C19H18FN5O3/c1-12-10-24-16(8-13(23-24)11-28-14-6-4-3-5-7-14)18(26)25(12)19-21-9-15(20)17(22-19)27-2/h3-9,12H,10-11H2,1-2H3/t12-/m1/s1. The summed E-state index contributed by atoms with van der Waals surface area (Å²) in [4.78, 5) is 22.4. The van der Waals surface area contributed by atoms with E-state index in [4.69, 9.17) is 9.47 Å². The molecule has 1 amide bonds. The van der Waals surface area contributed by atoms with E-state index in [9.17, 15) is 9.18 Å². The highest BCUT2D eigenvalue weighted by molar-refractivity contribution is 6.05. The van der Waals surface area contributed by atoms with E-state index in [1.165, 1.54) is 12.0 Å². The first kappa shape index (κ1) is 17.9. The van der Waals surface area contributed by atoms with Crippen LogP contribution in [0.1, 0.15) is 23.1 Å². The summed E-state index contributed by atoms with van der Waals surface area (Å²) in [5.41, 5.74) is 1.04. The van der Waals surface area contributed by atoms with Gasteiger partial charge < -0.3 is 9.47 Å². The van der Waals surface area contributed by atoms with E-state index in [-0.39, 0.29) is 30.4 Å². The molecular formula is C19H18FN5O3. The van der Waals surface area contributed by atoms with Gasteiger partial charge >= 0.3 is 0 Å². The third-order valence-electron chi connectivity index (χ3n) is 4.38. The van der Waals surface area contributed by atoms with E-state index in [0.29, 0.717) is 17.9 Å². The lowest BCUT2D eigenvalue weighted by Crippen LogP contribution is -2.47. The van der Waals surface area contributed by atoms with E-state index in [2.05, 4.69) is 15.1 Å². The van der Waals surface area contributed by atoms with Crippen molar-refractivity contribution in [3.05, 3.63) is 59.8 Å². The maximum atomic E-state index is 13.6. The Bertz CT molecular complexity index is 1010. The van der Waals surface area contributed by atoms with Crippen LogP contribution in [0.3, 0.4) is 0 Å². The first-order valence-electron chi connectivity index (χ1n) is 8.71. The third-order valence-corrected chi connectivity index (χ3v) is 4.38. The zero-order valence-corrected chi connectivity index (χ0v) is 15.4. The van der Waals surface area contributed by atoms with Crippen molar-refractivity contribution in [1.29, 1.82) is 0 Å². The normalized spacial score (nSPS) is 16.0. The maximum Gasteiger partial charge on any atom is 0.279 e. The number of methoxy groups -OCH3 is 1. The van der Waals surface area contributed by atoms with E-state index < -0.39 is 5.82 Å². The Morgan fingerprint density at radius 2 is 2.07 bits per heavy atom. The molecule has 9 heteroatoms. The molecule has 1 aromatic carbocycles. The molecule has 0 unspecified atom stereocenters. The number of rotatable bonds is 5. The molecule has 4 rings (SSSR count). The minimum atomic E-state index is -0.686. The molecule has 2 aromatic heterocycles. The molecule has 0 radical (unpaired) electrons. The van der Waals surface area contributed by atoms with Crippen molar-refractivity contribution in [2.45, 2.75) is 26.1 Å². The van der Waals surface area contributed by atoms with Crippen LogP contribution in [0.15, 0.2) is 42.6 Å². The Hall–Kier alpha value is -3.49. The minimum absolute atomic E-state index is 0.0882. The molecular weight excluding hydrogens is 365 g/mol. The molecule has 3 aromatic rings. The average molecular weight is 383 g/mol. The van der Waals surface area contributed by atoms with Crippen LogP contribution in [0, 0.1) is 5.82 Å². The first-order valence-corrected chi connectivity index (χ1v) is 8.71. The molecule has 0 fully saturated rings. The van der Waals surface area contributed by atoms with Crippen molar-refractivity contribution in [3.63, 3.8) is 0 Å². The Balaban J connectivity index is 1.58. The number of para-hydroxylation sites is 1. The summed E-state index contributed by atoms with van der Waals surface area (Å²) in [7, 11) is 1.31. The average Bonchev–Trinajstić information content (AvgIpc) is 3.11. The highest BCUT2D eigenvalue weighted by Crippen LogP contribution is 2.25. The summed E-state index contributed by atoms with van der Waals surface area (Å²) in [6.45, 7) is 2.55. The summed E-state index contributed by atoms with van der Waals surface area (Å²) in [6.07, 6.45) is 0.992. The SMILES string of the molecule is COc1nc(N2C(=O)c3cc(COc4ccccc4)nn3C[C@H]2C)ncc1F. The lowest BCUT2D eigenvalue weighted by Gasteiger charge is -2.31. The summed E-state index contributed by atoms with van der Waals surface area (Å²) in [5.74, 6) is -0.396. The second kappa shape index (κ2) is 7.26. The molecule has 0 N–H and O–H groups in total. The fraction of sp³-hybridized carbons (Fsp3) is 0.263. The zero-order chi connectivity index (χ0) is 19.7. The van der Waals surface area contributed by atoms with Crippen LogP contribution in [0.5, 0.6) is 11.6 Å². The number of hydrogen-bond donors (Lipinski definition) is 0. The van der Waals surface area contributed by atoms with Gasteiger partial charge in [-0.1, -0.05) is 18.2 Å². The summed E-state index contributed by atoms with van der Waals surface area (Å²) < 4.78 is 25.9. The van der Waals surface area contributed by atoms with Gasteiger partial charge in [-0.05, 0) is 25.1 Å². The van der Waals surface area contributed by atoms with Gasteiger partial charge in [0, 0.05) is 0 Å². The number of halogens is 1. The molecule has 0 bridgehead atoms. The number of anilines is 1. The fourth-order valence-corrected chi connectivity index (χ4v) is 3.07. The molecule has 1 atom stereocenters. The summed E-state index contributed by atoms with van der Waals surface area (Å²) >= 11 is 0. The molecule has 0 saturated carbocycles. The zero-order valence-electron chi connectivity index (χ0n) is 15.4. The molecule has 28 heavy (non-hydrogen) atoms. The molecule has 0 aliphatic carbocycles. The quantitative estimate of drug-likeness (QED) is 0.673. The number of benzene rings is 1. The Labute approximate surface area is 160 Å². The van der Waals surface area contributed by atoms with E-state index in [1.807, 2.05) is 37.3 Å². The number of amides is 1. The molecule has 3 heterocycles. The molecule has 1 aliphatic rings. The van der Waals surface area contributed by atoms with Crippen LogP contribution in [-0.2, 0) is 13.2 Å². The van der Waals surface area contributed by atoms with Gasteiger partial charge in [0.15, 0.2) is 0 Å². The number of nitrogens with zero attached hydrogens (tertiary/aromatic N) is 5. The van der Waals surface area contributed by atoms with Gasteiger partial charge in [-0.3, -0.25) is 14.4 Å². The van der Waals surface area contributed by atoms with Crippen LogP contribution in [0.2, 0.25) is 0 Å². The third kappa shape index (κ3) is 3.26. The van der Waals surface area contributed by atoms with Crippen molar-refractivity contribution in [3.8, 4) is 11.6 Å². The number of fused-ring (bicyclic) bond motifs is 1. The predicted octanol–water partition coefficient (Wildman–Crippen LogP) is 2.45. The molecule has 144 valence electrons. The Morgan fingerprint density at radius 3 is 2.82 bits per heavy atom. The lowest BCUT2D eigenvalue weighted by molar-refractivity contribution is 0.0944. The fourth-order valence-electron chi connectivity index (χ4n) is 3.07. The van der Waals surface area contributed by atoms with Crippen molar-refractivity contribution in [1.82, 2.24) is 19.7 Å². The monoisotopic (exact) mass is 383 g/mol. The second-order valence-electron chi connectivity index (χ2n) is 6.36. The topological polar surface area (TPSA) is 82.4 Å². The van der Waals surface area contributed by atoms with Gasteiger partial charge in [-0.15, -0.1) is 0 Å². The Kier molecular flexibility index (Phi) is 4.64. The van der Waals surface area contributed by atoms with E-state index >= 15 is 0 Å². The number of aromatic nitrogens is 4. The highest BCUT2D eigenvalue weighted by Gasteiger charge is 2.34. The van der Waals surface area contributed by atoms with Crippen LogP contribution in [-0.4, -0.2) is 38.8 Å². The summed E-state index contributed by atoms with van der Waals surface area (Å²) in [6, 6.07) is 10.8. The molecule has 1 aliphatic heterocycles. The number of carbonyl (C=O) groups excluding carboxylic acids is 1. The molecule has 0 saturated heterocycles. The van der Waals surface area contributed by atoms with E-state index in [1.54, 1.807) is 10.7 Å². The predicted molar refractivity (Wildman–Crippen MR) is 97.8 cm³/mol. The van der Waals surface area contributed by atoms with Gasteiger partial charge in [0.2, 0.25) is 11.8 Å². The lowest BCUT2D eigenvalue weighted by atomic mass is 10.2. The largest absolute Gasteiger partial charge is 0.487 e. The first-order chi connectivity index (χ1) is 13.6. The number of hydrogen-bond acceptors (Lipinski definition) is 6. The van der Waals surface area contributed by atoms with Crippen LogP contribution < -0.4 is 14.4 Å². The van der Waals surface area contributed by atoms with Crippen LogP contribution in [0.4, 0.5) is 10.3 Å². The minimum Gasteiger partial charge on any atom is -0.487 e. The molecule has 0 spiro atoms. The van der Waals surface area contributed by atoms with Gasteiger partial charge in [0.1, 0.15) is 23.7 Å². The number of carbonyl (C=O) groups is 1.